The maximum Gasteiger partial charge on any atom is 0.306 e. The molecular formula is C11H20N2O5S. The Kier molecular flexibility index (Phi) is 4.44. The highest BCUT2D eigenvalue weighted by Gasteiger charge is 2.36. The van der Waals surface area contributed by atoms with Crippen LogP contribution in [0.2, 0.25) is 0 Å². The van der Waals surface area contributed by atoms with Crippen LogP contribution in [-0.2, 0) is 19.7 Å². The van der Waals surface area contributed by atoms with Gasteiger partial charge in [-0.1, -0.05) is 0 Å². The van der Waals surface area contributed by atoms with Gasteiger partial charge in [0.25, 0.3) is 10.2 Å². The van der Waals surface area contributed by atoms with Gasteiger partial charge in [-0.25, -0.2) is 0 Å². The van der Waals surface area contributed by atoms with E-state index >= 15 is 0 Å². The molecule has 7 nitrogen and oxygen atoms in total. The molecule has 0 radical (unpaired) electrons. The van der Waals surface area contributed by atoms with Gasteiger partial charge in [0.05, 0.1) is 18.6 Å². The monoisotopic (exact) mass is 292 g/mol. The average Bonchev–Trinajstić information content (AvgIpc) is 2.39. The lowest BCUT2D eigenvalue weighted by Gasteiger charge is -2.36. The molecular weight excluding hydrogens is 272 g/mol. The number of ether oxygens (including phenoxy) is 1. The molecule has 0 aromatic heterocycles. The molecule has 2 heterocycles. The van der Waals surface area contributed by atoms with Gasteiger partial charge in [-0.3, -0.25) is 4.79 Å². The number of morpholine rings is 1. The third-order valence-corrected chi connectivity index (χ3v) is 5.66. The van der Waals surface area contributed by atoms with E-state index in [0.29, 0.717) is 32.5 Å². The second-order valence-corrected chi connectivity index (χ2v) is 6.99. The highest BCUT2D eigenvalue weighted by atomic mass is 32.2. The fraction of sp³-hybridized carbons (Fsp3) is 0.909. The Hall–Kier alpha value is -0.700. The van der Waals surface area contributed by atoms with Gasteiger partial charge >= 0.3 is 5.97 Å². The van der Waals surface area contributed by atoms with Crippen LogP contribution in [0.1, 0.15) is 19.8 Å². The molecule has 1 unspecified atom stereocenters. The van der Waals surface area contributed by atoms with Crippen LogP contribution in [0.15, 0.2) is 0 Å². The Bertz CT molecular complexity index is 430. The lowest BCUT2D eigenvalue weighted by atomic mass is 9.99. The normalized spacial score (nSPS) is 28.4. The number of carbonyl (C=O) groups is 1. The molecule has 2 aliphatic rings. The van der Waals surface area contributed by atoms with Crippen LogP contribution in [-0.4, -0.2) is 67.0 Å². The second kappa shape index (κ2) is 5.74. The van der Waals surface area contributed by atoms with Crippen LogP contribution in [0.3, 0.4) is 0 Å². The van der Waals surface area contributed by atoms with Crippen molar-refractivity contribution in [2.75, 3.05) is 32.8 Å². The molecule has 1 N–H and O–H groups in total. The number of carboxylic acids is 1. The summed E-state index contributed by atoms with van der Waals surface area (Å²) in [4.78, 5) is 10.9. The van der Waals surface area contributed by atoms with E-state index in [-0.39, 0.29) is 19.2 Å². The van der Waals surface area contributed by atoms with Crippen molar-refractivity contribution in [3.8, 4) is 0 Å². The zero-order valence-electron chi connectivity index (χ0n) is 11.0. The van der Waals surface area contributed by atoms with Crippen molar-refractivity contribution in [3.05, 3.63) is 0 Å². The van der Waals surface area contributed by atoms with Gasteiger partial charge in [0.1, 0.15) is 0 Å². The van der Waals surface area contributed by atoms with Gasteiger partial charge in [0, 0.05) is 26.2 Å². The minimum Gasteiger partial charge on any atom is -0.481 e. The van der Waals surface area contributed by atoms with E-state index in [1.54, 1.807) is 0 Å². The zero-order chi connectivity index (χ0) is 14.0. The fourth-order valence-corrected chi connectivity index (χ4v) is 4.20. The quantitative estimate of drug-likeness (QED) is 0.775. The number of rotatable bonds is 3. The van der Waals surface area contributed by atoms with Crippen LogP contribution < -0.4 is 0 Å². The number of carboxylic acid groups (broad SMARTS) is 1. The molecule has 2 rings (SSSR count). The van der Waals surface area contributed by atoms with E-state index in [0.717, 1.165) is 0 Å². The Morgan fingerprint density at radius 1 is 1.21 bits per heavy atom. The van der Waals surface area contributed by atoms with Gasteiger partial charge in [0.15, 0.2) is 0 Å². The summed E-state index contributed by atoms with van der Waals surface area (Å²) in [7, 11) is -3.47. The molecule has 0 aromatic carbocycles. The van der Waals surface area contributed by atoms with Crippen LogP contribution in [0, 0.1) is 5.92 Å². The van der Waals surface area contributed by atoms with E-state index in [4.69, 9.17) is 9.84 Å². The van der Waals surface area contributed by atoms with E-state index in [2.05, 4.69) is 0 Å². The molecule has 0 bridgehead atoms. The lowest BCUT2D eigenvalue weighted by Crippen LogP contribution is -2.52. The van der Waals surface area contributed by atoms with Gasteiger partial charge < -0.3 is 9.84 Å². The molecule has 0 amide bonds. The lowest BCUT2D eigenvalue weighted by molar-refractivity contribution is -0.142. The number of aliphatic carboxylic acids is 1. The molecule has 2 fully saturated rings. The molecule has 110 valence electrons. The third-order valence-electron chi connectivity index (χ3n) is 3.66. The minimum atomic E-state index is -3.47. The van der Waals surface area contributed by atoms with Gasteiger partial charge in [-0.2, -0.15) is 17.0 Å². The minimum absolute atomic E-state index is 0.0971. The Labute approximate surface area is 113 Å². The molecule has 2 saturated heterocycles. The average molecular weight is 292 g/mol. The maximum absolute atomic E-state index is 12.4. The van der Waals surface area contributed by atoms with E-state index in [1.165, 1.54) is 8.61 Å². The fourth-order valence-electron chi connectivity index (χ4n) is 2.49. The van der Waals surface area contributed by atoms with Crippen molar-refractivity contribution in [2.24, 2.45) is 5.92 Å². The molecule has 0 saturated carbocycles. The summed E-state index contributed by atoms with van der Waals surface area (Å²) in [5.41, 5.74) is 0. The van der Waals surface area contributed by atoms with Crippen molar-refractivity contribution in [1.29, 1.82) is 0 Å². The van der Waals surface area contributed by atoms with Crippen molar-refractivity contribution in [2.45, 2.75) is 25.9 Å². The molecule has 0 aromatic rings. The van der Waals surface area contributed by atoms with Crippen molar-refractivity contribution in [1.82, 2.24) is 8.61 Å². The molecule has 1 atom stereocenters. The summed E-state index contributed by atoms with van der Waals surface area (Å²) in [6.07, 6.45) is 0.670. The second-order valence-electron chi connectivity index (χ2n) is 5.06. The maximum atomic E-state index is 12.4. The first-order chi connectivity index (χ1) is 8.91. The summed E-state index contributed by atoms with van der Waals surface area (Å²) in [5, 5.41) is 8.92. The first kappa shape index (κ1) is 14.7. The Morgan fingerprint density at radius 2 is 1.84 bits per heavy atom. The van der Waals surface area contributed by atoms with Crippen molar-refractivity contribution < 1.29 is 23.1 Å². The van der Waals surface area contributed by atoms with E-state index in [1.807, 2.05) is 6.92 Å². The van der Waals surface area contributed by atoms with Crippen LogP contribution >= 0.6 is 0 Å². The third kappa shape index (κ3) is 3.25. The molecule has 2 aliphatic heterocycles. The predicted molar refractivity (Wildman–Crippen MR) is 67.8 cm³/mol. The molecule has 19 heavy (non-hydrogen) atoms. The number of piperidine rings is 1. The largest absolute Gasteiger partial charge is 0.481 e. The SMILES string of the molecule is CC1CN(S(=O)(=O)N2CCC(C(=O)O)CC2)CCO1. The highest BCUT2D eigenvalue weighted by Crippen LogP contribution is 2.22. The van der Waals surface area contributed by atoms with Crippen molar-refractivity contribution in [3.63, 3.8) is 0 Å². The Morgan fingerprint density at radius 3 is 2.37 bits per heavy atom. The standard InChI is InChI=1S/C11H20N2O5S/c1-9-8-13(6-7-18-9)19(16,17)12-4-2-10(3-5-12)11(14)15/h9-10H,2-8H2,1H3,(H,14,15). The summed E-state index contributed by atoms with van der Waals surface area (Å²) in [6.45, 7) is 3.55. The first-order valence-electron chi connectivity index (χ1n) is 6.51. The molecule has 0 aliphatic carbocycles. The predicted octanol–water partition coefficient (Wildman–Crippen LogP) is -0.251. The zero-order valence-corrected chi connectivity index (χ0v) is 11.8. The summed E-state index contributed by atoms with van der Waals surface area (Å²) in [5.74, 6) is -1.26. The number of hydrogen-bond donors (Lipinski definition) is 1. The smallest absolute Gasteiger partial charge is 0.306 e. The first-order valence-corrected chi connectivity index (χ1v) is 7.90. The highest BCUT2D eigenvalue weighted by molar-refractivity contribution is 7.86. The van der Waals surface area contributed by atoms with Gasteiger partial charge in [-0.15, -0.1) is 0 Å². The topological polar surface area (TPSA) is 87.2 Å². The summed E-state index contributed by atoms with van der Waals surface area (Å²) < 4.78 is 33.0. The van der Waals surface area contributed by atoms with Crippen LogP contribution in [0.4, 0.5) is 0 Å². The number of nitrogens with zero attached hydrogens (tertiary/aromatic N) is 2. The molecule has 8 heteroatoms. The number of hydrogen-bond acceptors (Lipinski definition) is 4. The van der Waals surface area contributed by atoms with Gasteiger partial charge in [0.2, 0.25) is 0 Å². The Balaban J connectivity index is 1.99. The van der Waals surface area contributed by atoms with Crippen molar-refractivity contribution >= 4 is 16.2 Å². The van der Waals surface area contributed by atoms with E-state index in [9.17, 15) is 13.2 Å². The molecule has 0 spiro atoms. The van der Waals surface area contributed by atoms with E-state index < -0.39 is 22.1 Å². The summed E-state index contributed by atoms with van der Waals surface area (Å²) in [6, 6.07) is 0. The van der Waals surface area contributed by atoms with Crippen LogP contribution in [0.5, 0.6) is 0 Å². The van der Waals surface area contributed by atoms with Gasteiger partial charge in [-0.05, 0) is 19.8 Å². The van der Waals surface area contributed by atoms with Crippen LogP contribution in [0.25, 0.3) is 0 Å². The summed E-state index contributed by atoms with van der Waals surface area (Å²) >= 11 is 0.